The normalized spacial score (nSPS) is 12.5. The van der Waals surface area contributed by atoms with Crippen molar-refractivity contribution in [1.29, 1.82) is 0 Å². The van der Waals surface area contributed by atoms with E-state index in [1.54, 1.807) is 0 Å². The van der Waals surface area contributed by atoms with Crippen LogP contribution in [-0.2, 0) is 4.79 Å². The Bertz CT molecular complexity index is 227. The summed E-state index contributed by atoms with van der Waals surface area (Å²) in [6.07, 6.45) is 5.59. The van der Waals surface area contributed by atoms with Crippen molar-refractivity contribution in [3.05, 3.63) is 0 Å². The Balaban J connectivity index is 5.14. The zero-order valence-corrected chi connectivity index (χ0v) is 15.7. The standard InChI is InChI=1S/C19H39NO/c1-14(2)9-18(10-15(3)4)20(13-21)19(11-16(5)6)12-17(7)8/h13-19H,9-12H2,1-8H3. The molecule has 0 rings (SSSR count). The lowest BCUT2D eigenvalue weighted by molar-refractivity contribution is -0.124. The number of nitrogens with zero attached hydrogens (tertiary/aromatic N) is 1. The summed E-state index contributed by atoms with van der Waals surface area (Å²) in [6.45, 7) is 18.1. The highest BCUT2D eigenvalue weighted by atomic mass is 16.1. The van der Waals surface area contributed by atoms with Crippen LogP contribution in [0.5, 0.6) is 0 Å². The Morgan fingerprint density at radius 3 is 1.00 bits per heavy atom. The van der Waals surface area contributed by atoms with Crippen molar-refractivity contribution >= 4 is 6.41 Å². The van der Waals surface area contributed by atoms with Gasteiger partial charge in [0.05, 0.1) is 0 Å². The molecule has 0 saturated carbocycles. The molecular formula is C19H39NO. The summed E-state index contributed by atoms with van der Waals surface area (Å²) in [7, 11) is 0. The van der Waals surface area contributed by atoms with E-state index in [0.717, 1.165) is 32.1 Å². The molecule has 0 fully saturated rings. The molecular weight excluding hydrogens is 258 g/mol. The molecule has 126 valence electrons. The van der Waals surface area contributed by atoms with Crippen molar-refractivity contribution in [1.82, 2.24) is 4.90 Å². The van der Waals surface area contributed by atoms with Gasteiger partial charge in [-0.15, -0.1) is 0 Å². The molecule has 0 atom stereocenters. The SMILES string of the molecule is CC(C)CC(CC(C)C)N(C=O)C(CC(C)C)CC(C)C. The first-order chi connectivity index (χ1) is 9.67. The quantitative estimate of drug-likeness (QED) is 0.470. The second-order valence-electron chi connectivity index (χ2n) is 8.38. The van der Waals surface area contributed by atoms with Crippen LogP contribution in [0.2, 0.25) is 0 Å². The minimum Gasteiger partial charge on any atom is -0.339 e. The molecule has 2 heteroatoms. The van der Waals surface area contributed by atoms with Crippen molar-refractivity contribution in [2.24, 2.45) is 23.7 Å². The fraction of sp³-hybridized carbons (Fsp3) is 0.947. The van der Waals surface area contributed by atoms with Crippen molar-refractivity contribution in [2.75, 3.05) is 0 Å². The van der Waals surface area contributed by atoms with E-state index in [-0.39, 0.29) is 0 Å². The van der Waals surface area contributed by atoms with Gasteiger partial charge >= 0.3 is 0 Å². The van der Waals surface area contributed by atoms with Gasteiger partial charge in [-0.25, -0.2) is 0 Å². The van der Waals surface area contributed by atoms with E-state index >= 15 is 0 Å². The van der Waals surface area contributed by atoms with Gasteiger partial charge in [0.2, 0.25) is 6.41 Å². The molecule has 2 nitrogen and oxygen atoms in total. The van der Waals surface area contributed by atoms with Crippen LogP contribution in [0.3, 0.4) is 0 Å². The smallest absolute Gasteiger partial charge is 0.210 e. The van der Waals surface area contributed by atoms with E-state index in [0.29, 0.717) is 35.8 Å². The fourth-order valence-corrected chi connectivity index (χ4v) is 3.33. The Morgan fingerprint density at radius 1 is 0.619 bits per heavy atom. The average Bonchev–Trinajstić information content (AvgIpc) is 2.25. The monoisotopic (exact) mass is 297 g/mol. The second-order valence-corrected chi connectivity index (χ2v) is 8.38. The van der Waals surface area contributed by atoms with Crippen LogP contribution in [0.25, 0.3) is 0 Å². The van der Waals surface area contributed by atoms with Crippen LogP contribution in [0.1, 0.15) is 81.1 Å². The third-order valence-corrected chi connectivity index (χ3v) is 3.94. The number of rotatable bonds is 11. The predicted molar refractivity (Wildman–Crippen MR) is 93.3 cm³/mol. The maximum absolute atomic E-state index is 11.8. The zero-order valence-electron chi connectivity index (χ0n) is 15.7. The number of hydrogen-bond acceptors (Lipinski definition) is 1. The largest absolute Gasteiger partial charge is 0.339 e. The number of amides is 1. The highest BCUT2D eigenvalue weighted by Gasteiger charge is 2.27. The third kappa shape index (κ3) is 9.16. The average molecular weight is 298 g/mol. The lowest BCUT2D eigenvalue weighted by Crippen LogP contribution is -2.45. The number of hydrogen-bond donors (Lipinski definition) is 0. The van der Waals surface area contributed by atoms with Crippen molar-refractivity contribution in [3.8, 4) is 0 Å². The fourth-order valence-electron chi connectivity index (χ4n) is 3.33. The van der Waals surface area contributed by atoms with E-state index in [1.165, 1.54) is 0 Å². The number of carbonyl (C=O) groups excluding carboxylic acids is 1. The molecule has 0 unspecified atom stereocenters. The molecule has 0 aliphatic heterocycles. The first kappa shape index (κ1) is 20.5. The summed E-state index contributed by atoms with van der Waals surface area (Å²) in [4.78, 5) is 14.0. The molecule has 0 heterocycles. The van der Waals surface area contributed by atoms with Crippen LogP contribution in [0.4, 0.5) is 0 Å². The Hall–Kier alpha value is -0.530. The van der Waals surface area contributed by atoms with Gasteiger partial charge in [0.25, 0.3) is 0 Å². The summed E-state index contributed by atoms with van der Waals surface area (Å²) >= 11 is 0. The van der Waals surface area contributed by atoms with Crippen molar-refractivity contribution in [2.45, 2.75) is 93.2 Å². The molecule has 0 spiro atoms. The maximum Gasteiger partial charge on any atom is 0.210 e. The van der Waals surface area contributed by atoms with Crippen molar-refractivity contribution < 1.29 is 4.79 Å². The van der Waals surface area contributed by atoms with Gasteiger partial charge in [-0.3, -0.25) is 4.79 Å². The van der Waals surface area contributed by atoms with E-state index in [9.17, 15) is 4.79 Å². The Kier molecular flexibility index (Phi) is 9.98. The molecule has 0 bridgehead atoms. The van der Waals surface area contributed by atoms with Crippen LogP contribution in [0.15, 0.2) is 0 Å². The summed E-state index contributed by atoms with van der Waals surface area (Å²) in [5, 5.41) is 0. The number of carbonyl (C=O) groups is 1. The summed E-state index contributed by atoms with van der Waals surface area (Å²) in [5.74, 6) is 2.54. The molecule has 0 aromatic rings. The first-order valence-electron chi connectivity index (χ1n) is 8.90. The molecule has 0 aliphatic carbocycles. The zero-order chi connectivity index (χ0) is 16.6. The molecule has 21 heavy (non-hydrogen) atoms. The summed E-state index contributed by atoms with van der Waals surface area (Å²) in [6, 6.07) is 0.787. The minimum atomic E-state index is 0.394. The lowest BCUT2D eigenvalue weighted by Gasteiger charge is -2.39. The topological polar surface area (TPSA) is 20.3 Å². The maximum atomic E-state index is 11.8. The van der Waals surface area contributed by atoms with Crippen LogP contribution < -0.4 is 0 Å². The van der Waals surface area contributed by atoms with Crippen LogP contribution in [0, 0.1) is 23.7 Å². The first-order valence-corrected chi connectivity index (χ1v) is 8.90. The molecule has 0 aromatic heterocycles. The Labute approximate surface area is 133 Å². The van der Waals surface area contributed by atoms with E-state index in [2.05, 4.69) is 60.3 Å². The van der Waals surface area contributed by atoms with E-state index in [4.69, 9.17) is 0 Å². The van der Waals surface area contributed by atoms with Crippen LogP contribution in [-0.4, -0.2) is 23.4 Å². The van der Waals surface area contributed by atoms with Gasteiger partial charge < -0.3 is 4.90 Å². The third-order valence-electron chi connectivity index (χ3n) is 3.94. The second kappa shape index (κ2) is 10.2. The highest BCUT2D eigenvalue weighted by molar-refractivity contribution is 5.48. The van der Waals surface area contributed by atoms with E-state index < -0.39 is 0 Å². The van der Waals surface area contributed by atoms with Gasteiger partial charge in [0.15, 0.2) is 0 Å². The summed E-state index contributed by atoms with van der Waals surface area (Å²) in [5.41, 5.74) is 0. The van der Waals surface area contributed by atoms with Gasteiger partial charge in [-0.05, 0) is 49.4 Å². The van der Waals surface area contributed by atoms with E-state index in [1.807, 2.05) is 0 Å². The highest BCUT2D eigenvalue weighted by Crippen LogP contribution is 2.26. The molecule has 0 radical (unpaired) electrons. The lowest BCUT2D eigenvalue weighted by atomic mass is 9.89. The van der Waals surface area contributed by atoms with Gasteiger partial charge in [0.1, 0.15) is 0 Å². The predicted octanol–water partition coefficient (Wildman–Crippen LogP) is 5.37. The van der Waals surface area contributed by atoms with Gasteiger partial charge in [-0.2, -0.15) is 0 Å². The van der Waals surface area contributed by atoms with Crippen molar-refractivity contribution in [3.63, 3.8) is 0 Å². The van der Waals surface area contributed by atoms with Crippen LogP contribution >= 0.6 is 0 Å². The Morgan fingerprint density at radius 2 is 0.857 bits per heavy atom. The molecule has 0 N–H and O–H groups in total. The molecule has 0 aromatic carbocycles. The van der Waals surface area contributed by atoms with Gasteiger partial charge in [0, 0.05) is 12.1 Å². The van der Waals surface area contributed by atoms with Gasteiger partial charge in [-0.1, -0.05) is 55.4 Å². The minimum absolute atomic E-state index is 0.394. The molecule has 0 aliphatic rings. The molecule has 1 amide bonds. The molecule has 0 saturated heterocycles. The summed E-state index contributed by atoms with van der Waals surface area (Å²) < 4.78 is 0.